The maximum Gasteiger partial charge on any atom is 0.321 e. The third kappa shape index (κ3) is 6.30. The lowest BCUT2D eigenvalue weighted by Gasteiger charge is -2.26. The van der Waals surface area contributed by atoms with Gasteiger partial charge in [-0.25, -0.2) is 4.79 Å². The highest BCUT2D eigenvalue weighted by molar-refractivity contribution is 5.94. The van der Waals surface area contributed by atoms with Crippen molar-refractivity contribution in [2.45, 2.75) is 51.4 Å². The monoisotopic (exact) mass is 294 g/mol. The lowest BCUT2D eigenvalue weighted by Crippen LogP contribution is -2.42. The number of aliphatic carboxylic acids is 1. The van der Waals surface area contributed by atoms with Gasteiger partial charge in [0.05, 0.1) is 6.42 Å². The quantitative estimate of drug-likeness (QED) is 0.491. The van der Waals surface area contributed by atoms with Gasteiger partial charge in [0.2, 0.25) is 5.91 Å². The van der Waals surface area contributed by atoms with E-state index in [9.17, 15) is 14.4 Å². The second-order valence-electron chi connectivity index (χ2n) is 5.57. The molecule has 0 aliphatic heterocycles. The Kier molecular flexibility index (Phi) is 6.73. The van der Waals surface area contributed by atoms with Crippen molar-refractivity contribution in [3.05, 3.63) is 0 Å². The largest absolute Gasteiger partial charge is 0.481 e. The molecule has 3 N–H and O–H groups in total. The lowest BCUT2D eigenvalue weighted by atomic mass is 9.79. The van der Waals surface area contributed by atoms with E-state index >= 15 is 0 Å². The number of rotatable bonds is 7. The van der Waals surface area contributed by atoms with E-state index in [2.05, 4.69) is 16.6 Å². The molecule has 0 heterocycles. The van der Waals surface area contributed by atoms with Gasteiger partial charge in [0.25, 0.3) is 0 Å². The number of terminal acetylenes is 1. The molecule has 0 aromatic carbocycles. The standard InChI is InChI=1S/C15H22N2O4/c1-2-3-6-9-16-14(21)17-12(18)10-15(11-13(19)20)7-4-5-8-15/h1H,3-11H2,(H,19,20)(H2,16,17,18,21). The van der Waals surface area contributed by atoms with E-state index in [1.165, 1.54) is 0 Å². The third-order valence-corrected chi connectivity index (χ3v) is 3.76. The van der Waals surface area contributed by atoms with E-state index < -0.39 is 23.3 Å². The Morgan fingerprint density at radius 1 is 1.19 bits per heavy atom. The number of urea groups is 1. The van der Waals surface area contributed by atoms with E-state index in [4.69, 9.17) is 11.5 Å². The van der Waals surface area contributed by atoms with Crippen molar-refractivity contribution in [3.63, 3.8) is 0 Å². The van der Waals surface area contributed by atoms with Crippen molar-refractivity contribution < 1.29 is 19.5 Å². The molecule has 0 unspecified atom stereocenters. The van der Waals surface area contributed by atoms with Gasteiger partial charge in [-0.3, -0.25) is 14.9 Å². The molecule has 6 heteroatoms. The van der Waals surface area contributed by atoms with Crippen molar-refractivity contribution in [3.8, 4) is 12.3 Å². The first-order valence-corrected chi connectivity index (χ1v) is 7.20. The number of carboxylic acid groups (broad SMARTS) is 1. The van der Waals surface area contributed by atoms with Crippen LogP contribution in [-0.2, 0) is 9.59 Å². The molecular formula is C15H22N2O4. The van der Waals surface area contributed by atoms with Gasteiger partial charge < -0.3 is 10.4 Å². The Balaban J connectivity index is 2.38. The number of nitrogens with one attached hydrogen (secondary N) is 2. The zero-order valence-electron chi connectivity index (χ0n) is 12.1. The number of carbonyl (C=O) groups excluding carboxylic acids is 2. The summed E-state index contributed by atoms with van der Waals surface area (Å²) in [5.41, 5.74) is -0.500. The van der Waals surface area contributed by atoms with Crippen molar-refractivity contribution in [2.75, 3.05) is 6.54 Å². The van der Waals surface area contributed by atoms with Gasteiger partial charge in [0, 0.05) is 19.4 Å². The third-order valence-electron chi connectivity index (χ3n) is 3.76. The predicted octanol–water partition coefficient (Wildman–Crippen LogP) is 1.65. The zero-order chi connectivity index (χ0) is 15.7. The van der Waals surface area contributed by atoms with Crippen LogP contribution < -0.4 is 10.6 Å². The molecular weight excluding hydrogens is 272 g/mol. The molecule has 0 saturated heterocycles. The first-order chi connectivity index (χ1) is 9.97. The highest BCUT2D eigenvalue weighted by Gasteiger charge is 2.38. The number of hydrogen-bond acceptors (Lipinski definition) is 3. The number of carboxylic acids is 1. The highest BCUT2D eigenvalue weighted by Crippen LogP contribution is 2.43. The molecule has 1 saturated carbocycles. The first kappa shape index (κ1) is 17.0. The van der Waals surface area contributed by atoms with Gasteiger partial charge in [0.15, 0.2) is 0 Å². The summed E-state index contributed by atoms with van der Waals surface area (Å²) >= 11 is 0. The maximum atomic E-state index is 11.9. The molecule has 1 aliphatic carbocycles. The van der Waals surface area contributed by atoms with Crippen LogP contribution in [0.15, 0.2) is 0 Å². The van der Waals surface area contributed by atoms with Crippen LogP contribution in [0.1, 0.15) is 51.4 Å². The number of hydrogen-bond donors (Lipinski definition) is 3. The smallest absolute Gasteiger partial charge is 0.321 e. The van der Waals surface area contributed by atoms with Crippen molar-refractivity contribution in [1.29, 1.82) is 0 Å². The summed E-state index contributed by atoms with van der Waals surface area (Å²) in [6.45, 7) is 0.406. The molecule has 0 spiro atoms. The minimum absolute atomic E-state index is 0.0236. The topological polar surface area (TPSA) is 95.5 Å². The van der Waals surface area contributed by atoms with Gasteiger partial charge in [0.1, 0.15) is 0 Å². The Morgan fingerprint density at radius 2 is 1.86 bits per heavy atom. The van der Waals surface area contributed by atoms with Crippen LogP contribution in [0.5, 0.6) is 0 Å². The molecule has 0 aromatic rings. The van der Waals surface area contributed by atoms with Gasteiger partial charge in [-0.1, -0.05) is 12.8 Å². The van der Waals surface area contributed by atoms with Gasteiger partial charge in [-0.2, -0.15) is 0 Å². The lowest BCUT2D eigenvalue weighted by molar-refractivity contribution is -0.140. The van der Waals surface area contributed by atoms with E-state index in [1.54, 1.807) is 0 Å². The number of amides is 3. The molecule has 0 atom stereocenters. The highest BCUT2D eigenvalue weighted by atomic mass is 16.4. The molecule has 116 valence electrons. The molecule has 3 amide bonds. The summed E-state index contributed by atoms with van der Waals surface area (Å²) in [6, 6.07) is -0.555. The summed E-state index contributed by atoms with van der Waals surface area (Å²) in [5.74, 6) is 1.14. The van der Waals surface area contributed by atoms with Crippen molar-refractivity contribution in [1.82, 2.24) is 10.6 Å². The summed E-state index contributed by atoms with van der Waals surface area (Å²) in [7, 11) is 0. The average molecular weight is 294 g/mol. The second-order valence-corrected chi connectivity index (χ2v) is 5.57. The summed E-state index contributed by atoms with van der Waals surface area (Å²) in [4.78, 5) is 34.3. The summed E-state index contributed by atoms with van der Waals surface area (Å²) < 4.78 is 0. The molecule has 21 heavy (non-hydrogen) atoms. The van der Waals surface area contributed by atoms with Gasteiger partial charge >= 0.3 is 12.0 Å². The fraction of sp³-hybridized carbons (Fsp3) is 0.667. The van der Waals surface area contributed by atoms with Crippen LogP contribution in [-0.4, -0.2) is 29.6 Å². The van der Waals surface area contributed by atoms with Crippen LogP contribution in [0, 0.1) is 17.8 Å². The fourth-order valence-electron chi connectivity index (χ4n) is 2.81. The molecule has 0 aromatic heterocycles. The second kappa shape index (κ2) is 8.30. The SMILES string of the molecule is C#CCCCNC(=O)NC(=O)CC1(CC(=O)O)CCCC1. The van der Waals surface area contributed by atoms with Gasteiger partial charge in [-0.05, 0) is 24.7 Å². The molecule has 1 aliphatic rings. The van der Waals surface area contributed by atoms with Crippen molar-refractivity contribution >= 4 is 17.9 Å². The number of carbonyl (C=O) groups is 3. The normalized spacial score (nSPS) is 16.0. The van der Waals surface area contributed by atoms with E-state index in [0.717, 1.165) is 25.7 Å². The summed E-state index contributed by atoms with van der Waals surface area (Å²) in [5, 5.41) is 13.8. The van der Waals surface area contributed by atoms with E-state index in [0.29, 0.717) is 19.4 Å². The minimum atomic E-state index is -0.900. The Labute approximate surface area is 124 Å². The van der Waals surface area contributed by atoms with Crippen LogP contribution in [0.4, 0.5) is 4.79 Å². The molecule has 6 nitrogen and oxygen atoms in total. The first-order valence-electron chi connectivity index (χ1n) is 7.20. The zero-order valence-corrected chi connectivity index (χ0v) is 12.1. The Hall–Kier alpha value is -2.03. The van der Waals surface area contributed by atoms with Crippen LogP contribution in [0.2, 0.25) is 0 Å². The van der Waals surface area contributed by atoms with Crippen LogP contribution in [0.3, 0.4) is 0 Å². The molecule has 1 rings (SSSR count). The Morgan fingerprint density at radius 3 is 2.43 bits per heavy atom. The molecule has 0 radical (unpaired) electrons. The molecule has 0 bridgehead atoms. The predicted molar refractivity (Wildman–Crippen MR) is 77.4 cm³/mol. The van der Waals surface area contributed by atoms with Crippen molar-refractivity contribution in [2.24, 2.45) is 5.41 Å². The summed E-state index contributed by atoms with van der Waals surface area (Å²) in [6.07, 6.45) is 9.66. The van der Waals surface area contributed by atoms with E-state index in [-0.39, 0.29) is 12.8 Å². The average Bonchev–Trinajstić information content (AvgIpc) is 2.81. The van der Waals surface area contributed by atoms with E-state index in [1.807, 2.05) is 0 Å². The minimum Gasteiger partial charge on any atom is -0.481 e. The van der Waals surface area contributed by atoms with Crippen LogP contribution >= 0.6 is 0 Å². The maximum absolute atomic E-state index is 11.9. The Bertz CT molecular complexity index is 433. The number of unbranched alkanes of at least 4 members (excludes halogenated alkanes) is 1. The van der Waals surface area contributed by atoms with Gasteiger partial charge in [-0.15, -0.1) is 12.3 Å². The van der Waals surface area contributed by atoms with Crippen LogP contribution in [0.25, 0.3) is 0 Å². The fourth-order valence-corrected chi connectivity index (χ4v) is 2.81. The molecule has 1 fully saturated rings. The number of imide groups is 1.